The van der Waals surface area contributed by atoms with Crippen LogP contribution in [0, 0.1) is 13.8 Å². The van der Waals surface area contributed by atoms with Gasteiger partial charge in [-0.1, -0.05) is 23.5 Å². The van der Waals surface area contributed by atoms with Crippen LogP contribution in [0.3, 0.4) is 0 Å². The van der Waals surface area contributed by atoms with Crippen molar-refractivity contribution >= 4 is 49.0 Å². The monoisotopic (exact) mass is 379 g/mol. The van der Waals surface area contributed by atoms with Gasteiger partial charge in [0.05, 0.1) is 25.9 Å². The molecule has 0 unspecified atom stereocenters. The fourth-order valence-corrected chi connectivity index (χ4v) is 5.05. The Morgan fingerprint density at radius 2 is 2.12 bits per heavy atom. The highest BCUT2D eigenvalue weighted by atomic mass is 32.1. The van der Waals surface area contributed by atoms with Gasteiger partial charge >= 0.3 is 0 Å². The summed E-state index contributed by atoms with van der Waals surface area (Å²) in [5.74, 6) is -0.237. The molecule has 0 aliphatic rings. The molecule has 4 rings (SSSR count). The standard InChI is InChI=1S/C20H17N3OS2/c1-4-7-23-18-13(3)8-12(2)9-17(18)26-20(23)22-19(24)14-5-6-15-16(10-14)25-11-21-15/h4-6,8-11H,1,7H2,2-3H3. The molecule has 4 nitrogen and oxygen atoms in total. The van der Waals surface area contributed by atoms with Gasteiger partial charge in [-0.05, 0) is 49.2 Å². The van der Waals surface area contributed by atoms with E-state index in [2.05, 4.69) is 47.1 Å². The minimum atomic E-state index is -0.237. The Labute approximate surface area is 158 Å². The van der Waals surface area contributed by atoms with Crippen LogP contribution in [-0.4, -0.2) is 15.5 Å². The third kappa shape index (κ3) is 2.91. The number of carbonyl (C=O) groups is 1. The molecule has 2 aromatic heterocycles. The predicted octanol–water partition coefficient (Wildman–Crippen LogP) is 4.86. The van der Waals surface area contributed by atoms with Crippen molar-refractivity contribution < 1.29 is 4.79 Å². The SMILES string of the molecule is C=CCn1c(=NC(=O)c2ccc3ncsc3c2)sc2cc(C)cc(C)c21. The van der Waals surface area contributed by atoms with Crippen molar-refractivity contribution in [1.82, 2.24) is 9.55 Å². The Bertz CT molecular complexity index is 1230. The molecule has 0 aliphatic heterocycles. The van der Waals surface area contributed by atoms with E-state index in [0.29, 0.717) is 16.9 Å². The maximum absolute atomic E-state index is 12.7. The molecule has 130 valence electrons. The smallest absolute Gasteiger partial charge is 0.279 e. The van der Waals surface area contributed by atoms with Crippen LogP contribution in [0.25, 0.3) is 20.4 Å². The quantitative estimate of drug-likeness (QED) is 0.477. The fourth-order valence-electron chi connectivity index (χ4n) is 3.11. The highest BCUT2D eigenvalue weighted by Gasteiger charge is 2.12. The molecular formula is C20H17N3OS2. The average Bonchev–Trinajstić information content (AvgIpc) is 3.19. The highest BCUT2D eigenvalue weighted by Crippen LogP contribution is 2.24. The Balaban J connectivity index is 1.88. The van der Waals surface area contributed by atoms with Gasteiger partial charge in [0.2, 0.25) is 0 Å². The number of thiazole rings is 2. The van der Waals surface area contributed by atoms with Crippen LogP contribution < -0.4 is 4.80 Å². The average molecular weight is 380 g/mol. The van der Waals surface area contributed by atoms with Crippen molar-refractivity contribution in [2.75, 3.05) is 0 Å². The molecule has 4 aromatic rings. The number of hydrogen-bond donors (Lipinski definition) is 0. The zero-order valence-corrected chi connectivity index (χ0v) is 16.2. The summed E-state index contributed by atoms with van der Waals surface area (Å²) in [6, 6.07) is 9.80. The Morgan fingerprint density at radius 3 is 2.92 bits per heavy atom. The van der Waals surface area contributed by atoms with E-state index in [4.69, 9.17) is 0 Å². The lowest BCUT2D eigenvalue weighted by atomic mass is 10.1. The first-order valence-electron chi connectivity index (χ1n) is 8.20. The first-order chi connectivity index (χ1) is 12.6. The van der Waals surface area contributed by atoms with Crippen LogP contribution in [0.5, 0.6) is 0 Å². The summed E-state index contributed by atoms with van der Waals surface area (Å²) >= 11 is 3.06. The number of fused-ring (bicyclic) bond motifs is 2. The van der Waals surface area contributed by atoms with Crippen molar-refractivity contribution in [3.63, 3.8) is 0 Å². The number of benzene rings is 2. The van der Waals surface area contributed by atoms with Crippen LogP contribution in [0.15, 0.2) is 53.5 Å². The first-order valence-corrected chi connectivity index (χ1v) is 9.90. The largest absolute Gasteiger partial charge is 0.312 e. The molecule has 0 fully saturated rings. The molecule has 2 heterocycles. The van der Waals surface area contributed by atoms with Crippen LogP contribution in [0.2, 0.25) is 0 Å². The number of amides is 1. The maximum Gasteiger partial charge on any atom is 0.279 e. The molecule has 0 spiro atoms. The van der Waals surface area contributed by atoms with Gasteiger partial charge < -0.3 is 4.57 Å². The molecule has 6 heteroatoms. The van der Waals surface area contributed by atoms with E-state index in [-0.39, 0.29) is 5.91 Å². The lowest BCUT2D eigenvalue weighted by molar-refractivity contribution is 0.0998. The molecule has 1 amide bonds. The van der Waals surface area contributed by atoms with Gasteiger partial charge in [0.1, 0.15) is 0 Å². The van der Waals surface area contributed by atoms with Crippen LogP contribution in [-0.2, 0) is 6.54 Å². The first kappa shape index (κ1) is 16.9. The summed E-state index contributed by atoms with van der Waals surface area (Å²) in [7, 11) is 0. The van der Waals surface area contributed by atoms with E-state index < -0.39 is 0 Å². The van der Waals surface area contributed by atoms with E-state index in [1.165, 1.54) is 33.8 Å². The lowest BCUT2D eigenvalue weighted by Gasteiger charge is -2.05. The summed E-state index contributed by atoms with van der Waals surface area (Å²) in [5, 5.41) is 0. The summed E-state index contributed by atoms with van der Waals surface area (Å²) in [6.07, 6.45) is 1.83. The second-order valence-electron chi connectivity index (χ2n) is 6.16. The summed E-state index contributed by atoms with van der Waals surface area (Å²) < 4.78 is 4.19. The minimum absolute atomic E-state index is 0.237. The van der Waals surface area contributed by atoms with Gasteiger partial charge in [-0.2, -0.15) is 4.99 Å². The van der Waals surface area contributed by atoms with Crippen molar-refractivity contribution in [2.45, 2.75) is 20.4 Å². The Hall–Kier alpha value is -2.57. The summed E-state index contributed by atoms with van der Waals surface area (Å²) in [4.78, 5) is 22.1. The topological polar surface area (TPSA) is 47.2 Å². The third-order valence-corrected chi connectivity index (χ3v) is 6.02. The number of rotatable bonds is 3. The summed E-state index contributed by atoms with van der Waals surface area (Å²) in [5.41, 5.74) is 6.77. The van der Waals surface area contributed by atoms with Crippen LogP contribution in [0.1, 0.15) is 21.5 Å². The second-order valence-corrected chi connectivity index (χ2v) is 8.06. The van der Waals surface area contributed by atoms with E-state index in [0.717, 1.165) is 20.4 Å². The van der Waals surface area contributed by atoms with Gasteiger partial charge in [0.15, 0.2) is 4.80 Å². The zero-order chi connectivity index (χ0) is 18.3. The number of aryl methyl sites for hydroxylation is 2. The van der Waals surface area contributed by atoms with Gasteiger partial charge in [-0.25, -0.2) is 4.98 Å². The number of hydrogen-bond acceptors (Lipinski definition) is 4. The molecule has 0 bridgehead atoms. The summed E-state index contributed by atoms with van der Waals surface area (Å²) in [6.45, 7) is 8.63. The third-order valence-electron chi connectivity index (χ3n) is 4.20. The minimum Gasteiger partial charge on any atom is -0.312 e. The maximum atomic E-state index is 12.7. The van der Waals surface area contributed by atoms with Crippen molar-refractivity contribution in [3.8, 4) is 0 Å². The van der Waals surface area contributed by atoms with Gasteiger partial charge in [-0.15, -0.1) is 17.9 Å². The van der Waals surface area contributed by atoms with Gasteiger partial charge in [-0.3, -0.25) is 4.79 Å². The molecule has 0 radical (unpaired) electrons. The number of aromatic nitrogens is 2. The molecule has 26 heavy (non-hydrogen) atoms. The normalized spacial score (nSPS) is 12.2. The van der Waals surface area contributed by atoms with Crippen LogP contribution in [0.4, 0.5) is 0 Å². The molecule has 0 aliphatic carbocycles. The van der Waals surface area contributed by atoms with E-state index >= 15 is 0 Å². The zero-order valence-electron chi connectivity index (χ0n) is 14.5. The van der Waals surface area contributed by atoms with Crippen molar-refractivity contribution in [1.29, 1.82) is 0 Å². The Kier molecular flexibility index (Phi) is 4.30. The van der Waals surface area contributed by atoms with Gasteiger partial charge in [0, 0.05) is 12.1 Å². The number of allylic oxidation sites excluding steroid dienone is 1. The lowest BCUT2D eigenvalue weighted by Crippen LogP contribution is -2.16. The second kappa shape index (κ2) is 6.63. The molecular weight excluding hydrogens is 362 g/mol. The van der Waals surface area contributed by atoms with E-state index in [9.17, 15) is 4.79 Å². The Morgan fingerprint density at radius 1 is 1.27 bits per heavy atom. The molecule has 0 atom stereocenters. The van der Waals surface area contributed by atoms with Crippen molar-refractivity contribution in [2.24, 2.45) is 4.99 Å². The fraction of sp³-hybridized carbons (Fsp3) is 0.150. The molecule has 0 saturated heterocycles. The van der Waals surface area contributed by atoms with Crippen LogP contribution >= 0.6 is 22.7 Å². The molecule has 2 aromatic carbocycles. The highest BCUT2D eigenvalue weighted by molar-refractivity contribution is 7.17. The van der Waals surface area contributed by atoms with Gasteiger partial charge in [0.25, 0.3) is 5.91 Å². The number of carbonyl (C=O) groups excluding carboxylic acids is 1. The van der Waals surface area contributed by atoms with E-state index in [1.807, 2.05) is 18.2 Å². The van der Waals surface area contributed by atoms with Crippen molar-refractivity contribution in [3.05, 3.63) is 70.0 Å². The molecule has 0 N–H and O–H groups in total. The number of nitrogens with zero attached hydrogens (tertiary/aromatic N) is 3. The molecule has 0 saturated carbocycles. The predicted molar refractivity (Wildman–Crippen MR) is 109 cm³/mol. The van der Waals surface area contributed by atoms with E-state index in [1.54, 1.807) is 11.6 Å².